The van der Waals surface area contributed by atoms with Crippen molar-refractivity contribution in [3.05, 3.63) is 39.9 Å². The van der Waals surface area contributed by atoms with Gasteiger partial charge >= 0.3 is 0 Å². The lowest BCUT2D eigenvalue weighted by Crippen LogP contribution is -1.76. The Bertz CT molecular complexity index is 736. The highest BCUT2D eigenvalue weighted by Crippen LogP contribution is 2.35. The second-order valence-corrected chi connectivity index (χ2v) is 5.82. The van der Waals surface area contributed by atoms with Crippen LogP contribution in [0.2, 0.25) is 0 Å². The Labute approximate surface area is 110 Å². The van der Waals surface area contributed by atoms with E-state index in [4.69, 9.17) is 5.26 Å². The molecule has 1 N–H and O–H groups in total. The number of aromatic amines is 1. The van der Waals surface area contributed by atoms with Gasteiger partial charge in [-0.05, 0) is 22.0 Å². The molecule has 0 spiro atoms. The smallest absolute Gasteiger partial charge is 0.166 e. The average molecular weight is 304 g/mol. The van der Waals surface area contributed by atoms with E-state index in [1.165, 1.54) is 11.3 Å². The maximum atomic E-state index is 8.90. The summed E-state index contributed by atoms with van der Waals surface area (Å²) in [6, 6.07) is 10.1. The van der Waals surface area contributed by atoms with Crippen LogP contribution in [0.25, 0.3) is 21.5 Å². The Hall–Kier alpha value is -1.64. The summed E-state index contributed by atoms with van der Waals surface area (Å²) in [5, 5.41) is 10.9. The second-order valence-electron chi connectivity index (χ2n) is 3.50. The molecule has 0 aliphatic rings. The topological polar surface area (TPSA) is 52.5 Å². The fourth-order valence-corrected chi connectivity index (χ4v) is 3.14. The van der Waals surface area contributed by atoms with Crippen molar-refractivity contribution in [1.82, 2.24) is 9.97 Å². The Kier molecular flexibility index (Phi) is 2.46. The van der Waals surface area contributed by atoms with Gasteiger partial charge in [0.2, 0.25) is 0 Å². The summed E-state index contributed by atoms with van der Waals surface area (Å²) in [7, 11) is 0. The number of rotatable bonds is 1. The minimum Gasteiger partial charge on any atom is -0.360 e. The number of nitriles is 1. The molecule has 3 rings (SSSR count). The van der Waals surface area contributed by atoms with E-state index in [1.54, 1.807) is 0 Å². The SMILES string of the molecule is N#Cc1nc(-c2c[nH]c3ccccc23)sc1Br. The summed E-state index contributed by atoms with van der Waals surface area (Å²) in [4.78, 5) is 7.51. The van der Waals surface area contributed by atoms with Gasteiger partial charge in [0.1, 0.15) is 14.9 Å². The van der Waals surface area contributed by atoms with Crippen molar-refractivity contribution < 1.29 is 0 Å². The van der Waals surface area contributed by atoms with Gasteiger partial charge in [-0.15, -0.1) is 11.3 Å². The molecule has 0 unspecified atom stereocenters. The molecule has 0 saturated carbocycles. The maximum absolute atomic E-state index is 8.90. The summed E-state index contributed by atoms with van der Waals surface area (Å²) in [6.07, 6.45) is 1.93. The van der Waals surface area contributed by atoms with E-state index in [0.29, 0.717) is 5.69 Å². The number of thiazole rings is 1. The zero-order chi connectivity index (χ0) is 11.8. The van der Waals surface area contributed by atoms with Crippen LogP contribution in [-0.4, -0.2) is 9.97 Å². The van der Waals surface area contributed by atoms with Crippen LogP contribution in [0.5, 0.6) is 0 Å². The van der Waals surface area contributed by atoms with Gasteiger partial charge in [0.15, 0.2) is 5.69 Å². The molecule has 3 nitrogen and oxygen atoms in total. The third-order valence-electron chi connectivity index (χ3n) is 2.51. The first-order valence-corrected chi connectivity index (χ1v) is 6.53. The predicted octanol–water partition coefficient (Wildman–Crippen LogP) is 3.93. The molecule has 2 aromatic heterocycles. The molecule has 0 aliphatic carbocycles. The highest BCUT2D eigenvalue weighted by Gasteiger charge is 2.13. The van der Waals surface area contributed by atoms with Crippen LogP contribution in [0.3, 0.4) is 0 Å². The van der Waals surface area contributed by atoms with Crippen molar-refractivity contribution in [3.63, 3.8) is 0 Å². The van der Waals surface area contributed by atoms with Gasteiger partial charge in [-0.2, -0.15) is 5.26 Å². The Morgan fingerprint density at radius 3 is 2.94 bits per heavy atom. The summed E-state index contributed by atoms with van der Waals surface area (Å²) < 4.78 is 0.778. The van der Waals surface area contributed by atoms with Gasteiger partial charge in [0.05, 0.1) is 0 Å². The summed E-state index contributed by atoms with van der Waals surface area (Å²) in [5.74, 6) is 0. The molecular weight excluding hydrogens is 298 g/mol. The average Bonchev–Trinajstić information content (AvgIpc) is 2.92. The van der Waals surface area contributed by atoms with Crippen LogP contribution < -0.4 is 0 Å². The molecule has 0 atom stereocenters. The third kappa shape index (κ3) is 1.66. The molecule has 17 heavy (non-hydrogen) atoms. The lowest BCUT2D eigenvalue weighted by Gasteiger charge is -1.92. The fraction of sp³-hybridized carbons (Fsp3) is 0. The minimum atomic E-state index is 0.440. The molecule has 0 amide bonds. The van der Waals surface area contributed by atoms with E-state index in [2.05, 4.69) is 32.0 Å². The van der Waals surface area contributed by atoms with Gasteiger partial charge < -0.3 is 4.98 Å². The number of nitrogens with one attached hydrogen (secondary N) is 1. The van der Waals surface area contributed by atoms with Crippen LogP contribution in [0.1, 0.15) is 5.69 Å². The number of H-pyrrole nitrogens is 1. The van der Waals surface area contributed by atoms with Gasteiger partial charge in [-0.3, -0.25) is 0 Å². The lowest BCUT2D eigenvalue weighted by atomic mass is 10.2. The maximum Gasteiger partial charge on any atom is 0.166 e. The first kappa shape index (κ1) is 10.5. The standard InChI is InChI=1S/C12H6BrN3S/c13-11-10(5-14)16-12(17-11)8-6-15-9-4-2-1-3-7(8)9/h1-4,6,15H. The van der Waals surface area contributed by atoms with Crippen molar-refractivity contribution in [2.75, 3.05) is 0 Å². The lowest BCUT2D eigenvalue weighted by molar-refractivity contribution is 1.32. The zero-order valence-electron chi connectivity index (χ0n) is 8.57. The first-order valence-electron chi connectivity index (χ1n) is 4.92. The molecule has 0 radical (unpaired) electrons. The van der Waals surface area contributed by atoms with E-state index in [1.807, 2.05) is 30.5 Å². The Balaban J connectivity index is 2.24. The summed E-state index contributed by atoms with van der Waals surface area (Å²) in [5.41, 5.74) is 2.55. The molecule has 1 aromatic carbocycles. The minimum absolute atomic E-state index is 0.440. The zero-order valence-corrected chi connectivity index (χ0v) is 11.0. The van der Waals surface area contributed by atoms with Gasteiger partial charge in [0, 0.05) is 22.7 Å². The number of hydrogen-bond donors (Lipinski definition) is 1. The molecule has 82 valence electrons. The monoisotopic (exact) mass is 303 g/mol. The van der Waals surface area contributed by atoms with Crippen LogP contribution in [0.15, 0.2) is 34.2 Å². The van der Waals surface area contributed by atoms with E-state index < -0.39 is 0 Å². The van der Waals surface area contributed by atoms with Crippen molar-refractivity contribution >= 4 is 38.2 Å². The molecule has 0 saturated heterocycles. The van der Waals surface area contributed by atoms with Crippen molar-refractivity contribution in [2.45, 2.75) is 0 Å². The molecule has 3 aromatic rings. The van der Waals surface area contributed by atoms with Crippen molar-refractivity contribution in [2.24, 2.45) is 0 Å². The van der Waals surface area contributed by atoms with Gasteiger partial charge in [-0.25, -0.2) is 4.98 Å². The summed E-state index contributed by atoms with van der Waals surface area (Å²) in [6.45, 7) is 0. The molecular formula is C12H6BrN3S. The Morgan fingerprint density at radius 1 is 1.35 bits per heavy atom. The van der Waals surface area contributed by atoms with Gasteiger partial charge in [0.25, 0.3) is 0 Å². The molecule has 0 bridgehead atoms. The summed E-state index contributed by atoms with van der Waals surface area (Å²) >= 11 is 4.82. The van der Waals surface area contributed by atoms with Gasteiger partial charge in [-0.1, -0.05) is 18.2 Å². The number of halogens is 1. The van der Waals surface area contributed by atoms with Crippen LogP contribution in [0.4, 0.5) is 0 Å². The van der Waals surface area contributed by atoms with Crippen LogP contribution in [-0.2, 0) is 0 Å². The van der Waals surface area contributed by atoms with Crippen molar-refractivity contribution in [3.8, 4) is 16.6 Å². The first-order chi connectivity index (χ1) is 8.29. The molecule has 0 aliphatic heterocycles. The third-order valence-corrected chi connectivity index (χ3v) is 4.25. The highest BCUT2D eigenvalue weighted by molar-refractivity contribution is 9.11. The van der Waals surface area contributed by atoms with Crippen molar-refractivity contribution in [1.29, 1.82) is 5.26 Å². The number of aromatic nitrogens is 2. The second kappa shape index (κ2) is 3.99. The largest absolute Gasteiger partial charge is 0.360 e. The Morgan fingerprint density at radius 2 is 2.18 bits per heavy atom. The number of benzene rings is 1. The molecule has 2 heterocycles. The number of hydrogen-bond acceptors (Lipinski definition) is 3. The highest BCUT2D eigenvalue weighted by atomic mass is 79.9. The van der Waals surface area contributed by atoms with E-state index >= 15 is 0 Å². The molecule has 5 heteroatoms. The van der Waals surface area contributed by atoms with E-state index in [0.717, 1.165) is 25.3 Å². The number of fused-ring (bicyclic) bond motifs is 1. The van der Waals surface area contributed by atoms with Crippen LogP contribution in [0, 0.1) is 11.3 Å². The number of para-hydroxylation sites is 1. The van der Waals surface area contributed by atoms with E-state index in [9.17, 15) is 0 Å². The number of nitrogens with zero attached hydrogens (tertiary/aromatic N) is 2. The predicted molar refractivity (Wildman–Crippen MR) is 71.8 cm³/mol. The van der Waals surface area contributed by atoms with Crippen LogP contribution >= 0.6 is 27.3 Å². The van der Waals surface area contributed by atoms with E-state index in [-0.39, 0.29) is 0 Å². The fourth-order valence-electron chi connectivity index (χ4n) is 1.73. The molecule has 0 fully saturated rings. The normalized spacial score (nSPS) is 10.6. The quantitative estimate of drug-likeness (QED) is 0.740.